The molecule has 0 spiro atoms. The zero-order valence-corrected chi connectivity index (χ0v) is 9.28. The predicted octanol–water partition coefficient (Wildman–Crippen LogP) is 2.12. The molecule has 0 saturated carbocycles. The molecule has 84 valence electrons. The summed E-state index contributed by atoms with van der Waals surface area (Å²) in [6, 6.07) is 3.07. The summed E-state index contributed by atoms with van der Waals surface area (Å²) in [7, 11) is 0. The molecule has 5 heteroatoms. The first-order valence-electron chi connectivity index (χ1n) is 4.90. The van der Waals surface area contributed by atoms with E-state index in [0.29, 0.717) is 18.8 Å². The number of anilines is 1. The molecule has 1 rings (SSSR count). The molecule has 1 aromatic rings. The van der Waals surface area contributed by atoms with Gasteiger partial charge in [-0.2, -0.15) is 0 Å². The summed E-state index contributed by atoms with van der Waals surface area (Å²) in [5.41, 5.74) is 0.740. The van der Waals surface area contributed by atoms with Crippen LogP contribution in [-0.4, -0.2) is 16.5 Å². The van der Waals surface area contributed by atoms with Crippen LogP contribution in [0.25, 0.3) is 0 Å². The fraction of sp³-hybridized carbons (Fsp3) is 0.364. The highest BCUT2D eigenvalue weighted by molar-refractivity contribution is 5.56. The Kier molecular flexibility index (Phi) is 4.28. The van der Waals surface area contributed by atoms with Crippen molar-refractivity contribution in [3.8, 4) is 11.8 Å². The van der Waals surface area contributed by atoms with Gasteiger partial charge >= 0.3 is 5.69 Å². The highest BCUT2D eigenvalue weighted by Crippen LogP contribution is 2.21. The predicted molar refractivity (Wildman–Crippen MR) is 62.2 cm³/mol. The summed E-state index contributed by atoms with van der Waals surface area (Å²) >= 11 is 0. The van der Waals surface area contributed by atoms with Crippen molar-refractivity contribution in [3.63, 3.8) is 0 Å². The van der Waals surface area contributed by atoms with Crippen molar-refractivity contribution in [1.82, 2.24) is 4.98 Å². The summed E-state index contributed by atoms with van der Waals surface area (Å²) in [5, 5.41) is 13.6. The van der Waals surface area contributed by atoms with Gasteiger partial charge in [-0.25, -0.2) is 4.98 Å². The van der Waals surface area contributed by atoms with Gasteiger partial charge in [0.05, 0.1) is 4.92 Å². The third-order valence-corrected chi connectivity index (χ3v) is 1.93. The molecule has 1 heterocycles. The highest BCUT2D eigenvalue weighted by Gasteiger charge is 2.14. The molecule has 1 N–H and O–H groups in total. The van der Waals surface area contributed by atoms with Crippen molar-refractivity contribution in [2.24, 2.45) is 0 Å². The summed E-state index contributed by atoms with van der Waals surface area (Å²) in [5.74, 6) is 5.94. The maximum atomic E-state index is 10.7. The molecule has 0 atom stereocenters. The average molecular weight is 219 g/mol. The zero-order chi connectivity index (χ0) is 12.0. The summed E-state index contributed by atoms with van der Waals surface area (Å²) in [6.45, 7) is 4.10. The molecule has 0 aliphatic carbocycles. The minimum atomic E-state index is -0.444. The molecule has 0 fully saturated rings. The molecule has 0 unspecified atom stereocenters. The fourth-order valence-electron chi connectivity index (χ4n) is 1.20. The van der Waals surface area contributed by atoms with Crippen molar-refractivity contribution in [1.29, 1.82) is 0 Å². The number of aromatic nitrogens is 1. The van der Waals surface area contributed by atoms with Crippen molar-refractivity contribution < 1.29 is 4.92 Å². The smallest absolute Gasteiger partial charge is 0.311 e. The largest absolute Gasteiger partial charge is 0.363 e. The second-order valence-corrected chi connectivity index (χ2v) is 3.18. The lowest BCUT2D eigenvalue weighted by molar-refractivity contribution is -0.384. The van der Waals surface area contributed by atoms with Gasteiger partial charge in [0.1, 0.15) is 0 Å². The Morgan fingerprint density at radius 2 is 2.31 bits per heavy atom. The Balaban J connectivity index is 2.78. The van der Waals surface area contributed by atoms with Gasteiger partial charge < -0.3 is 5.32 Å². The van der Waals surface area contributed by atoms with Crippen LogP contribution in [0.3, 0.4) is 0 Å². The molecule has 0 aromatic carbocycles. The maximum Gasteiger partial charge on any atom is 0.311 e. The van der Waals surface area contributed by atoms with E-state index >= 15 is 0 Å². The Morgan fingerprint density at radius 1 is 1.56 bits per heavy atom. The normalized spacial score (nSPS) is 9.12. The van der Waals surface area contributed by atoms with Gasteiger partial charge in [0, 0.05) is 24.7 Å². The van der Waals surface area contributed by atoms with E-state index in [1.54, 1.807) is 19.9 Å². The number of pyridine rings is 1. The second-order valence-electron chi connectivity index (χ2n) is 3.18. The molecule has 0 aliphatic heterocycles. The Bertz CT molecular complexity index is 446. The summed E-state index contributed by atoms with van der Waals surface area (Å²) in [4.78, 5) is 14.4. The summed E-state index contributed by atoms with van der Waals surface area (Å²) < 4.78 is 0. The van der Waals surface area contributed by atoms with Crippen LogP contribution in [-0.2, 0) is 0 Å². The third kappa shape index (κ3) is 3.24. The quantitative estimate of drug-likeness (QED) is 0.364. The first-order valence-corrected chi connectivity index (χ1v) is 4.90. The first-order chi connectivity index (χ1) is 7.65. The topological polar surface area (TPSA) is 68.1 Å². The number of aryl methyl sites for hydroxylation is 1. The number of nitrogens with zero attached hydrogens (tertiary/aromatic N) is 2. The molecule has 0 bridgehead atoms. The number of hydrogen-bond acceptors (Lipinski definition) is 4. The third-order valence-electron chi connectivity index (χ3n) is 1.93. The van der Waals surface area contributed by atoms with Crippen LogP contribution in [0.4, 0.5) is 11.5 Å². The van der Waals surface area contributed by atoms with Crippen LogP contribution in [0.1, 0.15) is 19.0 Å². The number of nitro groups is 1. The van der Waals surface area contributed by atoms with Crippen molar-refractivity contribution in [2.75, 3.05) is 11.9 Å². The summed E-state index contributed by atoms with van der Waals surface area (Å²) in [6.07, 6.45) is 0.642. The number of rotatable bonds is 4. The van der Waals surface area contributed by atoms with E-state index < -0.39 is 4.92 Å². The van der Waals surface area contributed by atoms with Gasteiger partial charge in [0.15, 0.2) is 0 Å². The monoisotopic (exact) mass is 219 g/mol. The number of hydrogen-bond donors (Lipinski definition) is 1. The van der Waals surface area contributed by atoms with Gasteiger partial charge in [-0.1, -0.05) is 0 Å². The van der Waals surface area contributed by atoms with E-state index in [9.17, 15) is 10.1 Å². The molecule has 0 radical (unpaired) electrons. The van der Waals surface area contributed by atoms with E-state index in [0.717, 1.165) is 5.69 Å². The average Bonchev–Trinajstić information content (AvgIpc) is 2.24. The molecule has 0 aliphatic rings. The van der Waals surface area contributed by atoms with Gasteiger partial charge in [-0.3, -0.25) is 10.1 Å². The van der Waals surface area contributed by atoms with Crippen molar-refractivity contribution in [3.05, 3.63) is 27.9 Å². The van der Waals surface area contributed by atoms with Crippen molar-refractivity contribution >= 4 is 11.5 Å². The molecule has 5 nitrogen and oxygen atoms in total. The van der Waals surface area contributed by atoms with Crippen LogP contribution in [0.2, 0.25) is 0 Å². The van der Waals surface area contributed by atoms with E-state index in [1.165, 1.54) is 6.07 Å². The van der Waals surface area contributed by atoms with E-state index in [4.69, 9.17) is 0 Å². The zero-order valence-electron chi connectivity index (χ0n) is 9.28. The standard InChI is InChI=1S/C11H13N3O2/c1-3-4-5-8-12-11-10(14(15)16)7-6-9(2)13-11/h6-7H,5,8H2,1-2H3,(H,12,13). The van der Waals surface area contributed by atoms with Crippen LogP contribution >= 0.6 is 0 Å². The minimum absolute atomic E-state index is 0.00458. The number of nitrogens with one attached hydrogen (secondary N) is 1. The molecule has 16 heavy (non-hydrogen) atoms. The minimum Gasteiger partial charge on any atom is -0.363 e. The van der Waals surface area contributed by atoms with Crippen LogP contribution in [0.5, 0.6) is 0 Å². The van der Waals surface area contributed by atoms with E-state index in [-0.39, 0.29) is 5.69 Å². The van der Waals surface area contributed by atoms with Crippen molar-refractivity contribution in [2.45, 2.75) is 20.3 Å². The molecular weight excluding hydrogens is 206 g/mol. The van der Waals surface area contributed by atoms with Crippen LogP contribution in [0, 0.1) is 28.9 Å². The van der Waals surface area contributed by atoms with Gasteiger partial charge in [-0.05, 0) is 19.9 Å². The van der Waals surface area contributed by atoms with Gasteiger partial charge in [0.25, 0.3) is 0 Å². The molecular formula is C11H13N3O2. The van der Waals surface area contributed by atoms with Gasteiger partial charge in [-0.15, -0.1) is 11.8 Å². The Morgan fingerprint density at radius 3 is 2.94 bits per heavy atom. The lowest BCUT2D eigenvalue weighted by Gasteiger charge is -2.04. The second kappa shape index (κ2) is 5.71. The molecule has 0 amide bonds. The van der Waals surface area contributed by atoms with E-state index in [2.05, 4.69) is 22.1 Å². The fourth-order valence-corrected chi connectivity index (χ4v) is 1.20. The maximum absolute atomic E-state index is 10.7. The SMILES string of the molecule is CC#CCCNc1nc(C)ccc1[N+](=O)[O-]. The van der Waals surface area contributed by atoms with Crippen LogP contribution < -0.4 is 5.32 Å². The Labute approximate surface area is 94.0 Å². The van der Waals surface area contributed by atoms with E-state index in [1.807, 2.05) is 0 Å². The molecule has 0 saturated heterocycles. The first kappa shape index (κ1) is 12.0. The Hall–Kier alpha value is -2.09. The highest BCUT2D eigenvalue weighted by atomic mass is 16.6. The lowest BCUT2D eigenvalue weighted by atomic mass is 10.3. The lowest BCUT2D eigenvalue weighted by Crippen LogP contribution is -2.06. The molecule has 1 aromatic heterocycles. The van der Waals surface area contributed by atoms with Gasteiger partial charge in [0.2, 0.25) is 5.82 Å². The van der Waals surface area contributed by atoms with Crippen LogP contribution in [0.15, 0.2) is 12.1 Å².